The molecule has 144 valence electrons. The fourth-order valence-corrected chi connectivity index (χ4v) is 4.74. The molecule has 3 nitrogen and oxygen atoms in total. The molecule has 0 spiro atoms. The highest BCUT2D eigenvalue weighted by molar-refractivity contribution is 8.74. The number of nitrogens with zero attached hydrogens (tertiary/aromatic N) is 2. The van der Waals surface area contributed by atoms with Crippen LogP contribution >= 0.6 is 21.9 Å². The van der Waals surface area contributed by atoms with Gasteiger partial charge < -0.3 is 14.4 Å². The van der Waals surface area contributed by atoms with E-state index in [4.69, 9.17) is 4.55 Å². The second-order valence-electron chi connectivity index (χ2n) is 7.56. The summed E-state index contributed by atoms with van der Waals surface area (Å²) in [5.41, 5.74) is 5.24. The van der Waals surface area contributed by atoms with Crippen molar-refractivity contribution in [3.63, 3.8) is 0 Å². The van der Waals surface area contributed by atoms with Gasteiger partial charge in [0.15, 0.2) is 0 Å². The molecule has 0 fully saturated rings. The van der Waals surface area contributed by atoms with Crippen LogP contribution in [0.5, 0.6) is 0 Å². The zero-order chi connectivity index (χ0) is 19.4. The van der Waals surface area contributed by atoms with Gasteiger partial charge >= 0.3 is 0 Å². The molecule has 0 bridgehead atoms. The molecule has 1 unspecified atom stereocenters. The standard InChI is InChI=1S/C22H28N2OS2/c1-22(2)19-7-5-6-8-20(19)24(4)21(22)14-11-17-9-12-18(13-10-17)23(3)15-16-26-27-25/h5-14,21,25H,15-16H2,1-4H3/b14-11+. The molecular weight excluding hydrogens is 372 g/mol. The molecule has 1 aliphatic heterocycles. The minimum absolute atomic E-state index is 0.0877. The number of hydrogen-bond acceptors (Lipinski definition) is 5. The molecule has 1 N–H and O–H groups in total. The fourth-order valence-electron chi connectivity index (χ4n) is 3.87. The van der Waals surface area contributed by atoms with Crippen molar-refractivity contribution in [2.24, 2.45) is 0 Å². The van der Waals surface area contributed by atoms with Crippen LogP contribution in [0.25, 0.3) is 6.08 Å². The number of hydrogen-bond donors (Lipinski definition) is 1. The number of likely N-dealkylation sites (N-methyl/N-ethyl adjacent to an activating group) is 1. The SMILES string of the molecule is CN(CCSSO)c1ccc(/C=C/C2N(C)c3ccccc3C2(C)C)cc1. The third-order valence-electron chi connectivity index (χ3n) is 5.50. The lowest BCUT2D eigenvalue weighted by atomic mass is 9.80. The molecule has 0 radical (unpaired) electrons. The molecule has 0 saturated carbocycles. The fraction of sp³-hybridized carbons (Fsp3) is 0.364. The van der Waals surface area contributed by atoms with Gasteiger partial charge in [0, 0.05) is 43.2 Å². The molecule has 5 heteroatoms. The quantitative estimate of drug-likeness (QED) is 0.361. The van der Waals surface area contributed by atoms with Crippen LogP contribution in [0.1, 0.15) is 25.0 Å². The van der Waals surface area contributed by atoms with Gasteiger partial charge in [0.25, 0.3) is 0 Å². The first-order chi connectivity index (χ1) is 12.9. The Labute approximate surface area is 171 Å². The van der Waals surface area contributed by atoms with Gasteiger partial charge in [0.2, 0.25) is 0 Å². The van der Waals surface area contributed by atoms with E-state index in [1.54, 1.807) is 0 Å². The lowest BCUT2D eigenvalue weighted by Crippen LogP contribution is -2.37. The number of anilines is 2. The Hall–Kier alpha value is -1.56. The molecule has 2 aromatic rings. The van der Waals surface area contributed by atoms with Crippen LogP contribution in [-0.4, -0.2) is 37.0 Å². The van der Waals surface area contributed by atoms with Crippen molar-refractivity contribution in [3.05, 3.63) is 65.7 Å². The average Bonchev–Trinajstić information content (AvgIpc) is 2.87. The lowest BCUT2D eigenvalue weighted by molar-refractivity contribution is 0.489. The predicted octanol–water partition coefficient (Wildman–Crippen LogP) is 5.79. The molecule has 3 rings (SSSR count). The van der Waals surface area contributed by atoms with Crippen molar-refractivity contribution in [2.45, 2.75) is 25.3 Å². The summed E-state index contributed by atoms with van der Waals surface area (Å²) in [6, 6.07) is 17.7. The smallest absolute Gasteiger partial charge is 0.0593 e. The zero-order valence-corrected chi connectivity index (χ0v) is 18.1. The Morgan fingerprint density at radius 2 is 1.85 bits per heavy atom. The van der Waals surface area contributed by atoms with Gasteiger partial charge in [-0.3, -0.25) is 0 Å². The second kappa shape index (κ2) is 8.63. The van der Waals surface area contributed by atoms with E-state index >= 15 is 0 Å². The molecule has 0 aromatic heterocycles. The summed E-state index contributed by atoms with van der Waals surface area (Å²) in [7, 11) is 5.73. The molecule has 1 aliphatic rings. The van der Waals surface area contributed by atoms with Crippen molar-refractivity contribution in [1.29, 1.82) is 0 Å². The lowest BCUT2D eigenvalue weighted by Gasteiger charge is -2.29. The van der Waals surface area contributed by atoms with Crippen molar-refractivity contribution in [1.82, 2.24) is 0 Å². The Bertz CT molecular complexity index is 789. The van der Waals surface area contributed by atoms with E-state index in [2.05, 4.69) is 98.4 Å². The van der Waals surface area contributed by atoms with E-state index in [9.17, 15) is 0 Å². The van der Waals surface area contributed by atoms with Crippen molar-refractivity contribution in [2.75, 3.05) is 36.2 Å². The molecule has 0 amide bonds. The van der Waals surface area contributed by atoms with Crippen LogP contribution in [0.3, 0.4) is 0 Å². The van der Waals surface area contributed by atoms with E-state index < -0.39 is 0 Å². The summed E-state index contributed by atoms with van der Waals surface area (Å²) in [6.45, 7) is 5.56. The highest BCUT2D eigenvalue weighted by Gasteiger charge is 2.41. The van der Waals surface area contributed by atoms with Crippen LogP contribution in [-0.2, 0) is 5.41 Å². The Morgan fingerprint density at radius 3 is 2.52 bits per heavy atom. The van der Waals surface area contributed by atoms with Crippen molar-refractivity contribution in [3.8, 4) is 0 Å². The minimum Gasteiger partial charge on any atom is -0.374 e. The summed E-state index contributed by atoms with van der Waals surface area (Å²) in [5, 5.41) is 0. The molecule has 2 aromatic carbocycles. The van der Waals surface area contributed by atoms with Crippen LogP contribution in [0.4, 0.5) is 11.4 Å². The summed E-state index contributed by atoms with van der Waals surface area (Å²) in [6.07, 6.45) is 4.56. The maximum atomic E-state index is 8.80. The first-order valence-electron chi connectivity index (χ1n) is 9.20. The number of fused-ring (bicyclic) bond motifs is 1. The largest absolute Gasteiger partial charge is 0.374 e. The zero-order valence-electron chi connectivity index (χ0n) is 16.4. The highest BCUT2D eigenvalue weighted by Crippen LogP contribution is 2.44. The molecular formula is C22H28N2OS2. The van der Waals surface area contributed by atoms with Gasteiger partial charge in [-0.05, 0) is 29.3 Å². The van der Waals surface area contributed by atoms with Crippen LogP contribution < -0.4 is 9.80 Å². The van der Waals surface area contributed by atoms with E-state index in [-0.39, 0.29) is 5.41 Å². The normalized spacial score (nSPS) is 18.1. The Kier molecular flexibility index (Phi) is 6.45. The number of benzene rings is 2. The maximum absolute atomic E-state index is 8.80. The number of rotatable bonds is 7. The molecule has 0 aliphatic carbocycles. The third kappa shape index (κ3) is 4.31. The van der Waals surface area contributed by atoms with E-state index in [1.807, 2.05) is 0 Å². The van der Waals surface area contributed by atoms with Gasteiger partial charge in [-0.15, -0.1) is 0 Å². The first-order valence-corrected chi connectivity index (χ1v) is 11.5. The van der Waals surface area contributed by atoms with Crippen molar-refractivity contribution < 1.29 is 4.55 Å². The topological polar surface area (TPSA) is 26.7 Å². The van der Waals surface area contributed by atoms with Crippen molar-refractivity contribution >= 4 is 39.3 Å². The Morgan fingerprint density at radius 1 is 1.15 bits per heavy atom. The summed E-state index contributed by atoms with van der Waals surface area (Å²) < 4.78 is 8.80. The second-order valence-corrected chi connectivity index (χ2v) is 9.51. The summed E-state index contributed by atoms with van der Waals surface area (Å²) >= 11 is 0.832. The van der Waals surface area contributed by atoms with Crippen LogP contribution in [0, 0.1) is 0 Å². The summed E-state index contributed by atoms with van der Waals surface area (Å²) in [5.74, 6) is 0.892. The van der Waals surface area contributed by atoms with Crippen LogP contribution in [0.15, 0.2) is 54.6 Å². The first kappa shape index (κ1) is 20.2. The van der Waals surface area contributed by atoms with Gasteiger partial charge in [-0.25, -0.2) is 0 Å². The van der Waals surface area contributed by atoms with Crippen LogP contribution in [0.2, 0.25) is 0 Å². The predicted molar refractivity (Wildman–Crippen MR) is 123 cm³/mol. The maximum Gasteiger partial charge on any atom is 0.0593 e. The monoisotopic (exact) mass is 400 g/mol. The van der Waals surface area contributed by atoms with E-state index in [0.717, 1.165) is 23.4 Å². The highest BCUT2D eigenvalue weighted by atomic mass is 33.1. The van der Waals surface area contributed by atoms with Gasteiger partial charge in [-0.2, -0.15) is 0 Å². The van der Waals surface area contributed by atoms with E-state index in [1.165, 1.54) is 33.3 Å². The van der Waals surface area contributed by atoms with Gasteiger partial charge in [0.05, 0.1) is 17.1 Å². The Balaban J connectivity index is 1.70. The average molecular weight is 401 g/mol. The summed E-state index contributed by atoms with van der Waals surface area (Å²) in [4.78, 5) is 4.59. The third-order valence-corrected chi connectivity index (χ3v) is 6.77. The molecule has 0 saturated heterocycles. The number of para-hydroxylation sites is 1. The minimum atomic E-state index is 0.0877. The molecule has 1 atom stereocenters. The van der Waals surface area contributed by atoms with Gasteiger partial charge in [-0.1, -0.05) is 67.1 Å². The van der Waals surface area contributed by atoms with Gasteiger partial charge in [0.1, 0.15) is 0 Å². The molecule has 27 heavy (non-hydrogen) atoms. The molecule has 1 heterocycles. The van der Waals surface area contributed by atoms with E-state index in [0.29, 0.717) is 6.04 Å².